The second-order valence-electron chi connectivity index (χ2n) is 6.77. The Labute approximate surface area is 164 Å². The van der Waals surface area contributed by atoms with Gasteiger partial charge in [-0.05, 0) is 54.8 Å². The zero-order valence-electron chi connectivity index (χ0n) is 15.5. The number of benzene rings is 2. The Morgan fingerprint density at radius 1 is 0.964 bits per heavy atom. The molecular weight excluding hydrogens is 350 g/mol. The van der Waals surface area contributed by atoms with Crippen molar-refractivity contribution < 1.29 is 9.59 Å². The molecule has 1 aromatic heterocycles. The lowest BCUT2D eigenvalue weighted by Gasteiger charge is -2.29. The van der Waals surface area contributed by atoms with Gasteiger partial charge in [-0.15, -0.1) is 0 Å². The number of nitrogens with zero attached hydrogens (tertiary/aromatic N) is 2. The summed E-state index contributed by atoms with van der Waals surface area (Å²) in [6, 6.07) is 20.4. The van der Waals surface area contributed by atoms with E-state index in [1.165, 1.54) is 5.56 Å². The molecule has 0 spiro atoms. The van der Waals surface area contributed by atoms with Gasteiger partial charge in [-0.2, -0.15) is 0 Å². The molecule has 0 saturated heterocycles. The number of nitrogens with one attached hydrogen (secondary N) is 1. The number of fused-ring (bicyclic) bond motifs is 1. The Bertz CT molecular complexity index is 1000. The molecule has 2 amide bonds. The standard InChI is InChI=1S/C23H21N3O2/c27-22(25-16-20-11-3-4-13-24-20)18-8-5-9-19(15-18)23(28)26-14-6-10-17-7-1-2-12-21(17)26/h1-5,7-9,11-13,15H,6,10,14,16H2,(H,25,27). The van der Waals surface area contributed by atoms with Crippen LogP contribution in [0.15, 0.2) is 72.9 Å². The first-order valence-corrected chi connectivity index (χ1v) is 9.40. The van der Waals surface area contributed by atoms with Gasteiger partial charge in [0.1, 0.15) is 0 Å². The molecule has 140 valence electrons. The number of hydrogen-bond acceptors (Lipinski definition) is 3. The highest BCUT2D eigenvalue weighted by molar-refractivity contribution is 6.08. The van der Waals surface area contributed by atoms with Crippen LogP contribution in [0.1, 0.15) is 38.4 Å². The number of hydrogen-bond donors (Lipinski definition) is 1. The van der Waals surface area contributed by atoms with Crippen molar-refractivity contribution in [2.75, 3.05) is 11.4 Å². The first kappa shape index (κ1) is 17.9. The summed E-state index contributed by atoms with van der Waals surface area (Å²) >= 11 is 0. The molecule has 0 saturated carbocycles. The average molecular weight is 371 g/mol. The van der Waals surface area contributed by atoms with Crippen molar-refractivity contribution in [3.63, 3.8) is 0 Å². The fraction of sp³-hybridized carbons (Fsp3) is 0.174. The van der Waals surface area contributed by atoms with Gasteiger partial charge in [-0.1, -0.05) is 30.3 Å². The van der Waals surface area contributed by atoms with E-state index in [1.807, 2.05) is 41.3 Å². The molecule has 5 heteroatoms. The van der Waals surface area contributed by atoms with E-state index in [9.17, 15) is 9.59 Å². The largest absolute Gasteiger partial charge is 0.346 e. The number of carbonyl (C=O) groups is 2. The van der Waals surface area contributed by atoms with E-state index < -0.39 is 0 Å². The summed E-state index contributed by atoms with van der Waals surface area (Å²) in [7, 11) is 0. The predicted octanol–water partition coefficient (Wildman–Crippen LogP) is 3.60. The van der Waals surface area contributed by atoms with Crippen LogP contribution < -0.4 is 10.2 Å². The summed E-state index contributed by atoms with van der Waals surface area (Å²) in [5.41, 5.74) is 3.91. The first-order chi connectivity index (χ1) is 13.7. The Morgan fingerprint density at radius 3 is 2.64 bits per heavy atom. The molecule has 0 radical (unpaired) electrons. The molecule has 0 fully saturated rings. The summed E-state index contributed by atoms with van der Waals surface area (Å²) in [6.45, 7) is 1.03. The van der Waals surface area contributed by atoms with E-state index in [1.54, 1.807) is 30.5 Å². The van der Waals surface area contributed by atoms with Gasteiger partial charge in [0.2, 0.25) is 0 Å². The van der Waals surface area contributed by atoms with Crippen LogP contribution in [0.5, 0.6) is 0 Å². The number of rotatable bonds is 4. The van der Waals surface area contributed by atoms with Gasteiger partial charge in [-0.25, -0.2) is 0 Å². The van der Waals surface area contributed by atoms with E-state index in [4.69, 9.17) is 0 Å². The third kappa shape index (κ3) is 3.78. The summed E-state index contributed by atoms with van der Waals surface area (Å²) in [5, 5.41) is 2.85. The molecule has 3 aromatic rings. The van der Waals surface area contributed by atoms with Crippen LogP contribution in [-0.2, 0) is 13.0 Å². The zero-order valence-corrected chi connectivity index (χ0v) is 15.5. The van der Waals surface area contributed by atoms with Crippen molar-refractivity contribution in [3.05, 3.63) is 95.3 Å². The van der Waals surface area contributed by atoms with Gasteiger partial charge < -0.3 is 10.2 Å². The van der Waals surface area contributed by atoms with Crippen LogP contribution in [-0.4, -0.2) is 23.3 Å². The molecular formula is C23H21N3O2. The van der Waals surface area contributed by atoms with E-state index >= 15 is 0 Å². The topological polar surface area (TPSA) is 62.3 Å². The second kappa shape index (κ2) is 8.05. The lowest BCUT2D eigenvalue weighted by molar-refractivity contribution is 0.0950. The number of pyridine rings is 1. The third-order valence-corrected chi connectivity index (χ3v) is 4.88. The van der Waals surface area contributed by atoms with E-state index in [2.05, 4.69) is 16.4 Å². The minimum absolute atomic E-state index is 0.0773. The Balaban J connectivity index is 1.51. The van der Waals surface area contributed by atoms with E-state index in [0.29, 0.717) is 24.2 Å². The van der Waals surface area contributed by atoms with Gasteiger partial charge in [0, 0.05) is 29.6 Å². The quantitative estimate of drug-likeness (QED) is 0.762. The molecule has 28 heavy (non-hydrogen) atoms. The van der Waals surface area contributed by atoms with Gasteiger partial charge in [0.25, 0.3) is 11.8 Å². The number of aryl methyl sites for hydroxylation is 1. The minimum Gasteiger partial charge on any atom is -0.346 e. The summed E-state index contributed by atoms with van der Waals surface area (Å²) in [4.78, 5) is 31.6. The van der Waals surface area contributed by atoms with Crippen molar-refractivity contribution in [2.24, 2.45) is 0 Å². The minimum atomic E-state index is -0.223. The molecule has 0 bridgehead atoms. The number of para-hydroxylation sites is 1. The second-order valence-corrected chi connectivity index (χ2v) is 6.77. The van der Waals surface area contributed by atoms with Crippen molar-refractivity contribution >= 4 is 17.5 Å². The normalized spacial score (nSPS) is 12.9. The summed E-state index contributed by atoms with van der Waals surface area (Å²) < 4.78 is 0. The smallest absolute Gasteiger partial charge is 0.258 e. The van der Waals surface area contributed by atoms with Crippen LogP contribution in [0.25, 0.3) is 0 Å². The Kier molecular flexibility index (Phi) is 5.15. The van der Waals surface area contributed by atoms with E-state index in [-0.39, 0.29) is 11.8 Å². The lowest BCUT2D eigenvalue weighted by atomic mass is 10.0. The molecule has 0 unspecified atom stereocenters. The van der Waals surface area contributed by atoms with Crippen molar-refractivity contribution in [1.82, 2.24) is 10.3 Å². The molecule has 1 aliphatic rings. The SMILES string of the molecule is O=C(NCc1ccccn1)c1cccc(C(=O)N2CCCc3ccccc32)c1. The monoisotopic (exact) mass is 371 g/mol. The fourth-order valence-corrected chi connectivity index (χ4v) is 3.47. The number of carbonyl (C=O) groups excluding carboxylic acids is 2. The highest BCUT2D eigenvalue weighted by atomic mass is 16.2. The molecule has 4 rings (SSSR count). The van der Waals surface area contributed by atoms with E-state index in [0.717, 1.165) is 24.2 Å². The molecule has 1 aliphatic heterocycles. The number of anilines is 1. The van der Waals surface area contributed by atoms with Crippen LogP contribution in [0.4, 0.5) is 5.69 Å². The van der Waals surface area contributed by atoms with Gasteiger partial charge in [0.15, 0.2) is 0 Å². The third-order valence-electron chi connectivity index (χ3n) is 4.88. The molecule has 2 aromatic carbocycles. The molecule has 1 N–H and O–H groups in total. The lowest BCUT2D eigenvalue weighted by Crippen LogP contribution is -2.35. The predicted molar refractivity (Wildman–Crippen MR) is 108 cm³/mol. The molecule has 2 heterocycles. The van der Waals surface area contributed by atoms with Gasteiger partial charge in [-0.3, -0.25) is 14.6 Å². The fourth-order valence-electron chi connectivity index (χ4n) is 3.47. The highest BCUT2D eigenvalue weighted by Gasteiger charge is 2.23. The average Bonchev–Trinajstić information content (AvgIpc) is 2.77. The van der Waals surface area contributed by atoms with Crippen LogP contribution in [0.3, 0.4) is 0 Å². The summed E-state index contributed by atoms with van der Waals surface area (Å²) in [6.07, 6.45) is 3.61. The van der Waals surface area contributed by atoms with Gasteiger partial charge in [0.05, 0.1) is 12.2 Å². The van der Waals surface area contributed by atoms with Crippen molar-refractivity contribution in [1.29, 1.82) is 0 Å². The maximum absolute atomic E-state index is 13.1. The Hall–Kier alpha value is -3.47. The maximum Gasteiger partial charge on any atom is 0.258 e. The number of aromatic nitrogens is 1. The maximum atomic E-state index is 13.1. The Morgan fingerprint density at radius 2 is 1.79 bits per heavy atom. The summed E-state index contributed by atoms with van der Waals surface area (Å²) in [5.74, 6) is -0.300. The molecule has 0 atom stereocenters. The zero-order chi connectivity index (χ0) is 19.3. The van der Waals surface area contributed by atoms with Crippen LogP contribution in [0.2, 0.25) is 0 Å². The first-order valence-electron chi connectivity index (χ1n) is 9.40. The van der Waals surface area contributed by atoms with Crippen molar-refractivity contribution in [3.8, 4) is 0 Å². The molecule has 0 aliphatic carbocycles. The van der Waals surface area contributed by atoms with Crippen LogP contribution >= 0.6 is 0 Å². The number of amides is 2. The van der Waals surface area contributed by atoms with Crippen molar-refractivity contribution in [2.45, 2.75) is 19.4 Å². The molecule has 5 nitrogen and oxygen atoms in total. The van der Waals surface area contributed by atoms with Crippen LogP contribution in [0, 0.1) is 0 Å². The highest BCUT2D eigenvalue weighted by Crippen LogP contribution is 2.28. The van der Waals surface area contributed by atoms with Gasteiger partial charge >= 0.3 is 0 Å².